The molecule has 0 saturated heterocycles. The molecule has 4 fully saturated rings. The molecule has 2 amide bonds. The van der Waals surface area contributed by atoms with Gasteiger partial charge in [-0.15, -0.1) is 0 Å². The highest BCUT2D eigenvalue weighted by atomic mass is 35.5. The number of nitrogens with one attached hydrogen (secondary N) is 2. The van der Waals surface area contributed by atoms with E-state index in [0.29, 0.717) is 22.0 Å². The van der Waals surface area contributed by atoms with E-state index in [1.165, 1.54) is 30.2 Å². The van der Waals surface area contributed by atoms with Crippen molar-refractivity contribution in [2.45, 2.75) is 51.0 Å². The summed E-state index contributed by atoms with van der Waals surface area (Å²) in [7, 11) is 0. The number of aromatic amines is 1. The van der Waals surface area contributed by atoms with E-state index in [2.05, 4.69) is 15.4 Å². The maximum atomic E-state index is 12.8. The normalized spacial score (nSPS) is 30.2. The lowest BCUT2D eigenvalue weighted by atomic mass is 9.53. The number of amides is 2. The number of nitrogens with zero attached hydrogens (tertiary/aromatic N) is 2. The van der Waals surface area contributed by atoms with Crippen LogP contribution in [0.4, 0.5) is 4.79 Å². The van der Waals surface area contributed by atoms with Crippen LogP contribution in [0.3, 0.4) is 0 Å². The lowest BCUT2D eigenvalue weighted by molar-refractivity contribution is -0.0129. The largest absolute Gasteiger partial charge is 0.341 e. The summed E-state index contributed by atoms with van der Waals surface area (Å²) < 4.78 is 1.43. The van der Waals surface area contributed by atoms with Crippen LogP contribution in [-0.2, 0) is 0 Å². The van der Waals surface area contributed by atoms with E-state index in [1.807, 2.05) is 0 Å². The van der Waals surface area contributed by atoms with Crippen LogP contribution in [0, 0.1) is 24.7 Å². The fraction of sp³-hybridized carbons (Fsp3) is 0.500. The summed E-state index contributed by atoms with van der Waals surface area (Å²) in [5.41, 5.74) is 1.41. The molecule has 1 aromatic heterocycles. The molecule has 29 heavy (non-hydrogen) atoms. The van der Waals surface area contributed by atoms with Crippen molar-refractivity contribution in [3.05, 3.63) is 50.9 Å². The second-order valence-electron chi connectivity index (χ2n) is 9.15. The van der Waals surface area contributed by atoms with Crippen LogP contribution < -0.4 is 10.9 Å². The van der Waals surface area contributed by atoms with E-state index in [1.54, 1.807) is 31.2 Å². The molecule has 0 unspecified atom stereocenters. The van der Waals surface area contributed by atoms with Gasteiger partial charge < -0.3 is 5.32 Å². The first-order valence-electron chi connectivity index (χ1n) is 10.3. The number of halogens is 1. The molecule has 7 heteroatoms. The number of carbonyl (C=O) groups excluding carboxylic acids is 1. The van der Waals surface area contributed by atoms with Gasteiger partial charge in [-0.25, -0.2) is 14.5 Å². The SMILES string of the molecule is Cc1[nH]n(-c2ccc(Cl)cc2)c(=O)c1/C=N/C(=O)NC12CC3CC(CC(C3)C1)C2. The van der Waals surface area contributed by atoms with Crippen LogP contribution in [0.1, 0.15) is 49.8 Å². The maximum absolute atomic E-state index is 12.8. The average Bonchev–Trinajstić information content (AvgIpc) is 2.93. The Hall–Kier alpha value is -2.34. The Bertz CT molecular complexity index is 999. The number of carbonyl (C=O) groups is 1. The molecular formula is C22H25ClN4O2. The minimum Gasteiger partial charge on any atom is -0.331 e. The maximum Gasteiger partial charge on any atom is 0.341 e. The van der Waals surface area contributed by atoms with Crippen molar-refractivity contribution in [2.24, 2.45) is 22.7 Å². The fourth-order valence-corrected chi connectivity index (χ4v) is 6.26. The minimum atomic E-state index is -0.343. The van der Waals surface area contributed by atoms with E-state index >= 15 is 0 Å². The third-order valence-corrected chi connectivity index (χ3v) is 7.18. The van der Waals surface area contributed by atoms with Crippen molar-refractivity contribution in [1.29, 1.82) is 0 Å². The van der Waals surface area contributed by atoms with Gasteiger partial charge in [0.05, 0.1) is 11.3 Å². The number of hydrogen-bond donors (Lipinski definition) is 2. The summed E-state index contributed by atoms with van der Waals surface area (Å²) in [4.78, 5) is 29.5. The summed E-state index contributed by atoms with van der Waals surface area (Å²) in [6, 6.07) is 6.64. The Morgan fingerprint density at radius 1 is 1.17 bits per heavy atom. The van der Waals surface area contributed by atoms with Crippen molar-refractivity contribution >= 4 is 23.8 Å². The third-order valence-electron chi connectivity index (χ3n) is 6.92. The van der Waals surface area contributed by atoms with Gasteiger partial charge in [-0.05, 0) is 87.5 Å². The molecule has 2 N–H and O–H groups in total. The summed E-state index contributed by atoms with van der Waals surface area (Å²) in [6.07, 6.45) is 8.59. The predicted octanol–water partition coefficient (Wildman–Crippen LogP) is 4.22. The zero-order valence-electron chi connectivity index (χ0n) is 16.5. The third kappa shape index (κ3) is 3.44. The summed E-state index contributed by atoms with van der Waals surface area (Å²) in [6.45, 7) is 1.80. The van der Waals surface area contributed by atoms with Gasteiger partial charge in [0, 0.05) is 22.5 Å². The lowest BCUT2D eigenvalue weighted by Gasteiger charge is -2.56. The molecule has 4 bridgehead atoms. The molecule has 2 aromatic rings. The zero-order chi connectivity index (χ0) is 20.2. The number of H-pyrrole nitrogens is 1. The number of rotatable bonds is 3. The zero-order valence-corrected chi connectivity index (χ0v) is 17.2. The second kappa shape index (κ2) is 6.87. The van der Waals surface area contributed by atoms with Gasteiger partial charge >= 0.3 is 6.03 Å². The van der Waals surface area contributed by atoms with Gasteiger partial charge in [0.15, 0.2) is 0 Å². The van der Waals surface area contributed by atoms with Crippen molar-refractivity contribution in [3.63, 3.8) is 0 Å². The van der Waals surface area contributed by atoms with Crippen LogP contribution in [0.15, 0.2) is 34.1 Å². The molecule has 0 atom stereocenters. The van der Waals surface area contributed by atoms with Gasteiger partial charge in [-0.3, -0.25) is 9.89 Å². The van der Waals surface area contributed by atoms with Gasteiger partial charge in [0.2, 0.25) is 0 Å². The molecule has 6 rings (SSSR count). The predicted molar refractivity (Wildman–Crippen MR) is 113 cm³/mol. The number of urea groups is 1. The van der Waals surface area contributed by atoms with Crippen LogP contribution in [-0.4, -0.2) is 27.6 Å². The van der Waals surface area contributed by atoms with Crippen molar-refractivity contribution in [3.8, 4) is 5.69 Å². The molecule has 4 saturated carbocycles. The molecule has 0 spiro atoms. The summed E-state index contributed by atoms with van der Waals surface area (Å²) in [5.74, 6) is 2.26. The topological polar surface area (TPSA) is 79.2 Å². The number of hydrogen-bond acceptors (Lipinski definition) is 2. The Balaban J connectivity index is 1.33. The van der Waals surface area contributed by atoms with Gasteiger partial charge in [-0.1, -0.05) is 11.6 Å². The first-order chi connectivity index (χ1) is 13.9. The summed E-state index contributed by atoms with van der Waals surface area (Å²) >= 11 is 5.92. The highest BCUT2D eigenvalue weighted by Crippen LogP contribution is 2.55. The molecule has 152 valence electrons. The Morgan fingerprint density at radius 3 is 2.34 bits per heavy atom. The quantitative estimate of drug-likeness (QED) is 0.740. The molecule has 4 aliphatic rings. The molecule has 6 nitrogen and oxygen atoms in total. The Labute approximate surface area is 174 Å². The number of benzene rings is 1. The van der Waals surface area contributed by atoms with Crippen LogP contribution in [0.25, 0.3) is 5.69 Å². The smallest absolute Gasteiger partial charge is 0.331 e. The van der Waals surface area contributed by atoms with E-state index in [0.717, 1.165) is 37.0 Å². The standard InChI is InChI=1S/C22H25ClN4O2/c1-13-19(20(28)27(26-13)18-4-2-17(23)3-5-18)12-24-21(29)25-22-9-14-6-15(10-22)8-16(7-14)11-22/h2-5,12,14-16,26H,6-11H2,1H3,(H,25,29)/b24-12+. The molecule has 4 aliphatic carbocycles. The monoisotopic (exact) mass is 412 g/mol. The van der Waals surface area contributed by atoms with Crippen molar-refractivity contribution in [2.75, 3.05) is 0 Å². The summed E-state index contributed by atoms with van der Waals surface area (Å²) in [5, 5.41) is 6.85. The van der Waals surface area contributed by atoms with E-state index in [4.69, 9.17) is 11.6 Å². The van der Waals surface area contributed by atoms with Crippen LogP contribution >= 0.6 is 11.6 Å². The van der Waals surface area contributed by atoms with Gasteiger partial charge in [0.1, 0.15) is 0 Å². The molecule has 1 aromatic carbocycles. The van der Waals surface area contributed by atoms with E-state index in [9.17, 15) is 9.59 Å². The Morgan fingerprint density at radius 2 is 1.76 bits per heavy atom. The van der Waals surface area contributed by atoms with E-state index in [-0.39, 0.29) is 17.1 Å². The van der Waals surface area contributed by atoms with Crippen molar-refractivity contribution < 1.29 is 4.79 Å². The first kappa shape index (κ1) is 18.7. The molecule has 1 heterocycles. The van der Waals surface area contributed by atoms with E-state index < -0.39 is 0 Å². The van der Waals surface area contributed by atoms with Crippen molar-refractivity contribution in [1.82, 2.24) is 15.1 Å². The first-order valence-corrected chi connectivity index (χ1v) is 10.7. The molecule has 0 aliphatic heterocycles. The van der Waals surface area contributed by atoms with Gasteiger partial charge in [0.25, 0.3) is 5.56 Å². The van der Waals surface area contributed by atoms with Gasteiger partial charge in [-0.2, -0.15) is 0 Å². The van der Waals surface area contributed by atoms with Crippen LogP contribution in [0.5, 0.6) is 0 Å². The molecule has 0 radical (unpaired) electrons. The van der Waals surface area contributed by atoms with Crippen LogP contribution in [0.2, 0.25) is 5.02 Å². The second-order valence-corrected chi connectivity index (χ2v) is 9.59. The highest BCUT2D eigenvalue weighted by molar-refractivity contribution is 6.30. The Kier molecular flexibility index (Phi) is 4.42. The number of aryl methyl sites for hydroxylation is 1. The number of aliphatic imine (C=N–C) groups is 1. The highest BCUT2D eigenvalue weighted by Gasteiger charge is 2.51. The minimum absolute atomic E-state index is 0.0835. The lowest BCUT2D eigenvalue weighted by Crippen LogP contribution is -2.59. The average molecular weight is 413 g/mol. The number of aromatic nitrogens is 2. The molecular weight excluding hydrogens is 388 g/mol. The fourth-order valence-electron chi connectivity index (χ4n) is 6.13.